The van der Waals surface area contributed by atoms with Gasteiger partial charge in [-0.05, 0) is 11.6 Å². The maximum atomic E-state index is 12.5. The van der Waals surface area contributed by atoms with E-state index < -0.39 is 16.7 Å². The van der Waals surface area contributed by atoms with Crippen molar-refractivity contribution in [3.63, 3.8) is 0 Å². The zero-order valence-corrected chi connectivity index (χ0v) is 16.0. The molecule has 1 aliphatic rings. The summed E-state index contributed by atoms with van der Waals surface area (Å²) in [6, 6.07) is 13.9. The van der Waals surface area contributed by atoms with Crippen molar-refractivity contribution in [2.24, 2.45) is 0 Å². The standard InChI is InChI=1S/C20H22N4O5/c1-29-18-8-7-16(24(27)28)13-17(18)21-19(25)20(26)23-11-9-22(10-12-23)14-15-5-3-2-4-6-15/h2-8,13H,9-12,14H2,1H3,(H,21,25). The van der Waals surface area contributed by atoms with Gasteiger partial charge in [-0.3, -0.25) is 24.6 Å². The first-order chi connectivity index (χ1) is 14.0. The van der Waals surface area contributed by atoms with E-state index in [0.717, 1.165) is 6.54 Å². The van der Waals surface area contributed by atoms with E-state index in [9.17, 15) is 19.7 Å². The zero-order chi connectivity index (χ0) is 20.8. The number of nitrogens with one attached hydrogen (secondary N) is 1. The first-order valence-electron chi connectivity index (χ1n) is 9.17. The molecule has 1 aliphatic heterocycles. The average molecular weight is 398 g/mol. The van der Waals surface area contributed by atoms with E-state index in [1.54, 1.807) is 0 Å². The van der Waals surface area contributed by atoms with Gasteiger partial charge in [-0.2, -0.15) is 0 Å². The molecule has 29 heavy (non-hydrogen) atoms. The molecule has 9 nitrogen and oxygen atoms in total. The monoisotopic (exact) mass is 398 g/mol. The second kappa shape index (κ2) is 9.16. The summed E-state index contributed by atoms with van der Waals surface area (Å²) in [5.74, 6) is -1.28. The molecule has 0 spiro atoms. The first kappa shape index (κ1) is 20.3. The number of piperazine rings is 1. The molecule has 3 rings (SSSR count). The molecular formula is C20H22N4O5. The van der Waals surface area contributed by atoms with E-state index in [1.165, 1.54) is 35.8 Å². The molecule has 2 aromatic carbocycles. The fourth-order valence-electron chi connectivity index (χ4n) is 3.18. The highest BCUT2D eigenvalue weighted by atomic mass is 16.6. The lowest BCUT2D eigenvalue weighted by Crippen LogP contribution is -2.51. The Hall–Kier alpha value is -3.46. The SMILES string of the molecule is COc1ccc([N+](=O)[O-])cc1NC(=O)C(=O)N1CCN(Cc2ccccc2)CC1. The Morgan fingerprint density at radius 1 is 1.10 bits per heavy atom. The molecule has 0 aliphatic carbocycles. The number of ether oxygens (including phenoxy) is 1. The van der Waals surface area contributed by atoms with Crippen LogP contribution in [0.25, 0.3) is 0 Å². The average Bonchev–Trinajstić information content (AvgIpc) is 2.74. The second-order valence-electron chi connectivity index (χ2n) is 6.65. The number of amides is 2. The van der Waals surface area contributed by atoms with Crippen molar-refractivity contribution in [3.8, 4) is 5.75 Å². The summed E-state index contributed by atoms with van der Waals surface area (Å²) in [4.78, 5) is 39.0. The van der Waals surface area contributed by atoms with Gasteiger partial charge < -0.3 is 15.0 Å². The lowest BCUT2D eigenvalue weighted by Gasteiger charge is -2.34. The zero-order valence-electron chi connectivity index (χ0n) is 16.0. The third-order valence-corrected chi connectivity index (χ3v) is 4.74. The summed E-state index contributed by atoms with van der Waals surface area (Å²) >= 11 is 0. The van der Waals surface area contributed by atoms with Crippen molar-refractivity contribution < 1.29 is 19.2 Å². The molecule has 1 heterocycles. The number of rotatable bonds is 5. The molecule has 2 amide bonds. The number of nitro groups is 1. The molecule has 0 saturated carbocycles. The Morgan fingerprint density at radius 2 is 1.79 bits per heavy atom. The van der Waals surface area contributed by atoms with Crippen LogP contribution in [0, 0.1) is 10.1 Å². The van der Waals surface area contributed by atoms with Crippen LogP contribution >= 0.6 is 0 Å². The molecule has 0 bridgehead atoms. The molecule has 1 saturated heterocycles. The third-order valence-electron chi connectivity index (χ3n) is 4.74. The van der Waals surface area contributed by atoms with Gasteiger partial charge in [-0.25, -0.2) is 0 Å². The van der Waals surface area contributed by atoms with Crippen molar-refractivity contribution in [1.29, 1.82) is 0 Å². The molecule has 0 aromatic heterocycles. The molecule has 2 aromatic rings. The summed E-state index contributed by atoms with van der Waals surface area (Å²) in [5.41, 5.74) is 1.08. The Bertz CT molecular complexity index is 895. The molecule has 1 fully saturated rings. The Balaban J connectivity index is 1.58. The number of nitrogens with zero attached hydrogens (tertiary/aromatic N) is 3. The van der Waals surface area contributed by atoms with E-state index in [2.05, 4.69) is 22.3 Å². The number of hydrogen-bond donors (Lipinski definition) is 1. The van der Waals surface area contributed by atoms with Gasteiger partial charge in [-0.1, -0.05) is 30.3 Å². The summed E-state index contributed by atoms with van der Waals surface area (Å²) in [7, 11) is 1.38. The predicted octanol–water partition coefficient (Wildman–Crippen LogP) is 1.89. The first-order valence-corrected chi connectivity index (χ1v) is 9.17. The van der Waals surface area contributed by atoms with E-state index in [-0.39, 0.29) is 17.1 Å². The number of non-ortho nitro benzene ring substituents is 1. The number of methoxy groups -OCH3 is 1. The number of nitro benzene ring substituents is 1. The van der Waals surface area contributed by atoms with Crippen LogP contribution < -0.4 is 10.1 Å². The summed E-state index contributed by atoms with van der Waals surface area (Å²) < 4.78 is 5.11. The fourth-order valence-corrected chi connectivity index (χ4v) is 3.18. The molecule has 0 atom stereocenters. The van der Waals surface area contributed by atoms with Gasteiger partial charge in [0.15, 0.2) is 0 Å². The quantitative estimate of drug-likeness (QED) is 0.468. The van der Waals surface area contributed by atoms with E-state index in [4.69, 9.17) is 4.74 Å². The van der Waals surface area contributed by atoms with Crippen LogP contribution in [0.3, 0.4) is 0 Å². The van der Waals surface area contributed by atoms with Crippen molar-refractivity contribution in [2.45, 2.75) is 6.54 Å². The topological polar surface area (TPSA) is 105 Å². The number of anilines is 1. The molecule has 1 N–H and O–H groups in total. The smallest absolute Gasteiger partial charge is 0.314 e. The molecule has 9 heteroatoms. The third kappa shape index (κ3) is 5.08. The molecule has 0 unspecified atom stereocenters. The van der Waals surface area contributed by atoms with Crippen LogP contribution in [0.1, 0.15) is 5.56 Å². The van der Waals surface area contributed by atoms with Gasteiger partial charge in [0.05, 0.1) is 17.7 Å². The van der Waals surface area contributed by atoms with Crippen LogP contribution in [0.2, 0.25) is 0 Å². The van der Waals surface area contributed by atoms with E-state index >= 15 is 0 Å². The highest BCUT2D eigenvalue weighted by Gasteiger charge is 2.27. The Labute approximate surface area is 168 Å². The molecule has 0 radical (unpaired) electrons. The van der Waals surface area contributed by atoms with Gasteiger partial charge in [0.1, 0.15) is 5.75 Å². The van der Waals surface area contributed by atoms with Crippen molar-refractivity contribution in [3.05, 3.63) is 64.2 Å². The van der Waals surface area contributed by atoms with E-state index in [1.807, 2.05) is 18.2 Å². The second-order valence-corrected chi connectivity index (χ2v) is 6.65. The van der Waals surface area contributed by atoms with Gasteiger partial charge in [0, 0.05) is 44.9 Å². The van der Waals surface area contributed by atoms with Gasteiger partial charge >= 0.3 is 11.8 Å². The Morgan fingerprint density at radius 3 is 2.41 bits per heavy atom. The van der Waals surface area contributed by atoms with Gasteiger partial charge in [0.2, 0.25) is 0 Å². The minimum Gasteiger partial charge on any atom is -0.495 e. The molecular weight excluding hydrogens is 376 g/mol. The molecule has 152 valence electrons. The number of benzene rings is 2. The normalized spacial score (nSPS) is 14.3. The number of hydrogen-bond acceptors (Lipinski definition) is 6. The number of carbonyl (C=O) groups excluding carboxylic acids is 2. The lowest BCUT2D eigenvalue weighted by atomic mass is 10.2. The van der Waals surface area contributed by atoms with Crippen LogP contribution in [-0.4, -0.2) is 59.8 Å². The largest absolute Gasteiger partial charge is 0.495 e. The maximum Gasteiger partial charge on any atom is 0.314 e. The highest BCUT2D eigenvalue weighted by molar-refractivity contribution is 6.39. The van der Waals surface area contributed by atoms with Gasteiger partial charge in [-0.15, -0.1) is 0 Å². The van der Waals surface area contributed by atoms with Crippen LogP contribution in [0.5, 0.6) is 5.75 Å². The van der Waals surface area contributed by atoms with E-state index in [0.29, 0.717) is 26.2 Å². The lowest BCUT2D eigenvalue weighted by molar-refractivity contribution is -0.384. The fraction of sp³-hybridized carbons (Fsp3) is 0.300. The summed E-state index contributed by atoms with van der Waals surface area (Å²) in [5, 5.41) is 13.4. The highest BCUT2D eigenvalue weighted by Crippen LogP contribution is 2.28. The Kier molecular flexibility index (Phi) is 6.40. The predicted molar refractivity (Wildman–Crippen MR) is 107 cm³/mol. The summed E-state index contributed by atoms with van der Waals surface area (Å²) in [6.07, 6.45) is 0. The van der Waals surface area contributed by atoms with Crippen LogP contribution in [0.4, 0.5) is 11.4 Å². The number of carbonyl (C=O) groups is 2. The van der Waals surface area contributed by atoms with Crippen molar-refractivity contribution >= 4 is 23.2 Å². The minimum absolute atomic E-state index is 0.0859. The minimum atomic E-state index is -0.847. The van der Waals surface area contributed by atoms with Crippen LogP contribution in [0.15, 0.2) is 48.5 Å². The van der Waals surface area contributed by atoms with Crippen molar-refractivity contribution in [1.82, 2.24) is 9.80 Å². The van der Waals surface area contributed by atoms with Crippen molar-refractivity contribution in [2.75, 3.05) is 38.6 Å². The van der Waals surface area contributed by atoms with Gasteiger partial charge in [0.25, 0.3) is 5.69 Å². The summed E-state index contributed by atoms with van der Waals surface area (Å²) in [6.45, 7) is 2.98. The van der Waals surface area contributed by atoms with Crippen LogP contribution in [-0.2, 0) is 16.1 Å². The maximum absolute atomic E-state index is 12.5.